The van der Waals surface area contributed by atoms with Crippen molar-refractivity contribution < 1.29 is 14.3 Å². The number of ether oxygens (including phenoxy) is 1. The van der Waals surface area contributed by atoms with Gasteiger partial charge < -0.3 is 9.64 Å². The number of rotatable bonds is 6. The van der Waals surface area contributed by atoms with Gasteiger partial charge >= 0.3 is 5.97 Å². The molecule has 0 bridgehead atoms. The third-order valence-corrected chi connectivity index (χ3v) is 7.85. The highest BCUT2D eigenvalue weighted by atomic mass is 32.2. The van der Waals surface area contributed by atoms with E-state index in [2.05, 4.69) is 22.0 Å². The van der Waals surface area contributed by atoms with Gasteiger partial charge in [-0.1, -0.05) is 34.9 Å². The Morgan fingerprint density at radius 2 is 2.07 bits per heavy atom. The number of methoxy groups -OCH3 is 1. The SMILES string of the molecule is COC(=O)c1sc(C#CC(C)(C)C)cc1N(C=O)C1CCC(Sc2nncs2)CC1. The molecule has 1 aliphatic rings. The fraction of sp³-hybridized carbons (Fsp3) is 0.524. The summed E-state index contributed by atoms with van der Waals surface area (Å²) in [5.74, 6) is 5.89. The summed E-state index contributed by atoms with van der Waals surface area (Å²) in [7, 11) is 1.35. The van der Waals surface area contributed by atoms with Crippen molar-refractivity contribution in [3.05, 3.63) is 21.3 Å². The molecular formula is C21H25N3O3S3. The highest BCUT2D eigenvalue weighted by Gasteiger charge is 2.30. The number of hydrogen-bond donors (Lipinski definition) is 0. The van der Waals surface area contributed by atoms with Gasteiger partial charge in [0.15, 0.2) is 4.34 Å². The second kappa shape index (κ2) is 9.94. The lowest BCUT2D eigenvalue weighted by molar-refractivity contribution is -0.108. The van der Waals surface area contributed by atoms with Gasteiger partial charge in [0.05, 0.1) is 17.7 Å². The monoisotopic (exact) mass is 463 g/mol. The maximum absolute atomic E-state index is 12.4. The fourth-order valence-electron chi connectivity index (χ4n) is 3.26. The summed E-state index contributed by atoms with van der Waals surface area (Å²) >= 11 is 4.59. The lowest BCUT2D eigenvalue weighted by Crippen LogP contribution is -2.38. The maximum Gasteiger partial charge on any atom is 0.350 e. The van der Waals surface area contributed by atoms with Crippen LogP contribution in [0.2, 0.25) is 0 Å². The number of amides is 1. The Balaban J connectivity index is 1.78. The Morgan fingerprint density at radius 1 is 1.33 bits per heavy atom. The van der Waals surface area contributed by atoms with Crippen LogP contribution < -0.4 is 4.90 Å². The molecule has 1 fully saturated rings. The molecule has 0 aromatic carbocycles. The summed E-state index contributed by atoms with van der Waals surface area (Å²) < 4.78 is 5.94. The molecule has 2 aromatic rings. The summed E-state index contributed by atoms with van der Waals surface area (Å²) in [4.78, 5) is 27.3. The van der Waals surface area contributed by atoms with Gasteiger partial charge in [-0.25, -0.2) is 4.79 Å². The number of carbonyl (C=O) groups is 2. The number of hydrogen-bond acceptors (Lipinski definition) is 8. The quantitative estimate of drug-likeness (QED) is 0.346. The third-order valence-electron chi connectivity index (χ3n) is 4.68. The van der Waals surface area contributed by atoms with Gasteiger partial charge in [0.25, 0.3) is 0 Å². The zero-order valence-corrected chi connectivity index (χ0v) is 20.0. The van der Waals surface area contributed by atoms with Gasteiger partial charge in [-0.2, -0.15) is 0 Å². The predicted molar refractivity (Wildman–Crippen MR) is 122 cm³/mol. The van der Waals surface area contributed by atoms with Crippen LogP contribution in [0, 0.1) is 17.3 Å². The molecule has 0 N–H and O–H groups in total. The minimum atomic E-state index is -0.439. The molecule has 0 saturated heterocycles. The van der Waals surface area contributed by atoms with Crippen LogP contribution in [0.3, 0.4) is 0 Å². The Hall–Kier alpha value is -1.89. The standard InChI is InChI=1S/C21H25N3O3S3/c1-21(2,3)10-9-16-11-17(18(29-16)19(26)27-4)24(13-25)14-5-7-15(8-6-14)30-20-23-22-12-28-20/h11-15H,5-8H2,1-4H3. The van der Waals surface area contributed by atoms with Gasteiger partial charge in [-0.15, -0.1) is 21.5 Å². The van der Waals surface area contributed by atoms with E-state index in [4.69, 9.17) is 4.74 Å². The van der Waals surface area contributed by atoms with E-state index in [0.717, 1.165) is 41.3 Å². The van der Waals surface area contributed by atoms with E-state index >= 15 is 0 Å². The van der Waals surface area contributed by atoms with E-state index in [-0.39, 0.29) is 11.5 Å². The number of nitrogens with zero attached hydrogens (tertiary/aromatic N) is 3. The molecule has 0 unspecified atom stereocenters. The molecule has 6 nitrogen and oxygen atoms in total. The normalized spacial score (nSPS) is 18.9. The average molecular weight is 464 g/mol. The van der Waals surface area contributed by atoms with Crippen LogP contribution in [0.5, 0.6) is 0 Å². The Morgan fingerprint density at radius 3 is 2.63 bits per heavy atom. The van der Waals surface area contributed by atoms with Crippen LogP contribution in [0.15, 0.2) is 15.9 Å². The lowest BCUT2D eigenvalue weighted by Gasteiger charge is -2.34. The van der Waals surface area contributed by atoms with Gasteiger partial charge in [0, 0.05) is 16.7 Å². The molecule has 3 rings (SSSR count). The zero-order chi connectivity index (χ0) is 21.7. The first-order valence-corrected chi connectivity index (χ1v) is 12.3. The number of thiophene rings is 1. The van der Waals surface area contributed by atoms with E-state index < -0.39 is 5.97 Å². The van der Waals surface area contributed by atoms with E-state index in [1.54, 1.807) is 33.5 Å². The second-order valence-corrected chi connectivity index (χ2v) is 11.5. The van der Waals surface area contributed by atoms with Gasteiger partial charge in [-0.3, -0.25) is 4.79 Å². The van der Waals surface area contributed by atoms with Crippen LogP contribution in [0.25, 0.3) is 0 Å². The highest BCUT2D eigenvalue weighted by Crippen LogP contribution is 2.38. The minimum absolute atomic E-state index is 0.0511. The zero-order valence-electron chi connectivity index (χ0n) is 17.5. The number of esters is 1. The lowest BCUT2D eigenvalue weighted by atomic mass is 9.93. The highest BCUT2D eigenvalue weighted by molar-refractivity contribution is 8.01. The van der Waals surface area contributed by atoms with Gasteiger partial charge in [-0.05, 0) is 52.5 Å². The van der Waals surface area contributed by atoms with Crippen molar-refractivity contribution in [1.82, 2.24) is 10.2 Å². The van der Waals surface area contributed by atoms with Gasteiger partial charge in [0.2, 0.25) is 6.41 Å². The second-order valence-electron chi connectivity index (χ2n) is 8.08. The Kier molecular flexibility index (Phi) is 7.55. The van der Waals surface area contributed by atoms with Gasteiger partial charge in [0.1, 0.15) is 10.4 Å². The molecule has 0 atom stereocenters. The van der Waals surface area contributed by atoms with Crippen LogP contribution in [-0.2, 0) is 9.53 Å². The molecular weight excluding hydrogens is 438 g/mol. The van der Waals surface area contributed by atoms with Crippen molar-refractivity contribution >= 4 is 52.5 Å². The van der Waals surface area contributed by atoms with Crippen LogP contribution in [0.1, 0.15) is 61.0 Å². The van der Waals surface area contributed by atoms with Crippen molar-refractivity contribution in [3.8, 4) is 11.8 Å². The molecule has 160 valence electrons. The number of aromatic nitrogens is 2. The van der Waals surface area contributed by atoms with Crippen molar-refractivity contribution in [1.29, 1.82) is 0 Å². The molecule has 0 spiro atoms. The smallest absolute Gasteiger partial charge is 0.350 e. The molecule has 2 aromatic heterocycles. The number of anilines is 1. The molecule has 1 saturated carbocycles. The molecule has 1 amide bonds. The van der Waals surface area contributed by atoms with Crippen LogP contribution >= 0.6 is 34.4 Å². The summed E-state index contributed by atoms with van der Waals surface area (Å²) in [6.07, 6.45) is 4.53. The van der Waals surface area contributed by atoms with E-state index in [0.29, 0.717) is 15.8 Å². The first kappa shape index (κ1) is 22.8. The van der Waals surface area contributed by atoms with E-state index in [1.807, 2.05) is 26.8 Å². The third kappa shape index (κ3) is 5.84. The maximum atomic E-state index is 12.4. The Labute approximate surface area is 189 Å². The average Bonchev–Trinajstić information content (AvgIpc) is 3.37. The number of carbonyl (C=O) groups excluding carboxylic acids is 2. The first-order chi connectivity index (χ1) is 14.3. The molecule has 30 heavy (non-hydrogen) atoms. The topological polar surface area (TPSA) is 72.4 Å². The number of thioether (sulfide) groups is 1. The minimum Gasteiger partial charge on any atom is -0.465 e. The molecule has 1 aliphatic carbocycles. The summed E-state index contributed by atoms with van der Waals surface area (Å²) in [6, 6.07) is 1.89. The largest absolute Gasteiger partial charge is 0.465 e. The first-order valence-electron chi connectivity index (χ1n) is 9.72. The molecule has 2 heterocycles. The summed E-state index contributed by atoms with van der Waals surface area (Å²) in [5.41, 5.74) is 2.19. The van der Waals surface area contributed by atoms with E-state index in [1.165, 1.54) is 18.4 Å². The fourth-order valence-corrected chi connectivity index (χ4v) is 6.11. The summed E-state index contributed by atoms with van der Waals surface area (Å²) in [5, 5.41) is 8.47. The van der Waals surface area contributed by atoms with E-state index in [9.17, 15) is 9.59 Å². The molecule has 9 heteroatoms. The summed E-state index contributed by atoms with van der Waals surface area (Å²) in [6.45, 7) is 6.10. The van der Waals surface area contributed by atoms with Crippen molar-refractivity contribution in [3.63, 3.8) is 0 Å². The van der Waals surface area contributed by atoms with Crippen LogP contribution in [0.4, 0.5) is 5.69 Å². The molecule has 0 radical (unpaired) electrons. The van der Waals surface area contributed by atoms with Crippen molar-refractivity contribution in [2.75, 3.05) is 12.0 Å². The van der Waals surface area contributed by atoms with Crippen LogP contribution in [-0.4, -0.2) is 41.0 Å². The van der Waals surface area contributed by atoms with Crippen molar-refractivity contribution in [2.24, 2.45) is 5.41 Å². The molecule has 0 aliphatic heterocycles. The predicted octanol–water partition coefficient (Wildman–Crippen LogP) is 4.85. The Bertz CT molecular complexity index is 930. The van der Waals surface area contributed by atoms with Crippen molar-refractivity contribution in [2.45, 2.75) is 62.1 Å².